The number of rotatable bonds is 6. The Hall–Kier alpha value is -3.75. The van der Waals surface area contributed by atoms with E-state index in [0.29, 0.717) is 0 Å². The zero-order chi connectivity index (χ0) is 33.3. The predicted molar refractivity (Wildman–Crippen MR) is 148 cm³/mol. The Bertz CT molecular complexity index is 1540. The molecule has 248 valence electrons. The highest BCUT2D eigenvalue weighted by Crippen LogP contribution is 2.39. The standard InChI is InChI=1S/C27H30O16.CH4O/c1-8-17(32)20(35)22(37)26(40-8)39-7-15-18(33)21(36)23(38)27(42-15)43-25-19(34)16-13(31)5-10(28)6-14(16)41-24(25)9-2-3-11(29)12(30)4-9;1-2/h2-6,8,15,17-18,20-23,26-33,35-38H,7H2,1H3;2H,1H3/t8-,15+,17-,18+,20+,21-,22+,23+,26+,27-;/m0./s1. The monoisotopic (exact) mass is 642 g/mol. The Morgan fingerprint density at radius 3 is 2.04 bits per heavy atom. The molecule has 2 aliphatic heterocycles. The molecular formula is C28H34O17. The van der Waals surface area contributed by atoms with Crippen molar-refractivity contribution in [3.63, 3.8) is 0 Å². The fraction of sp³-hybridized carbons (Fsp3) is 0.464. The number of hydrogen-bond acceptors (Lipinski definition) is 17. The molecule has 45 heavy (non-hydrogen) atoms. The average molecular weight is 643 g/mol. The van der Waals surface area contributed by atoms with Gasteiger partial charge in [0.1, 0.15) is 65.2 Å². The van der Waals surface area contributed by atoms with Crippen LogP contribution >= 0.6 is 0 Å². The SMILES string of the molecule is CO.C[C@@H]1O[C@@H](OC[C@H]2O[C@@H](Oc3c(-c4ccc(O)c(O)c4)oc4cc(O)cc(O)c4c3=O)[C@H](O)[C@@H](O)[C@@H]2O)[C@H](O)[C@H](O)[C@H]1O. The first-order valence-corrected chi connectivity index (χ1v) is 13.5. The summed E-state index contributed by atoms with van der Waals surface area (Å²) in [6.07, 6.45) is -16.2. The molecule has 5 rings (SSSR count). The molecule has 2 saturated heterocycles. The summed E-state index contributed by atoms with van der Waals surface area (Å²) in [6, 6.07) is 5.24. The summed E-state index contributed by atoms with van der Waals surface area (Å²) >= 11 is 0. The smallest absolute Gasteiger partial charge is 0.239 e. The van der Waals surface area contributed by atoms with E-state index in [-0.39, 0.29) is 11.1 Å². The number of benzene rings is 2. The third-order valence-corrected chi connectivity index (χ3v) is 7.29. The van der Waals surface area contributed by atoms with Gasteiger partial charge in [0.15, 0.2) is 23.5 Å². The van der Waals surface area contributed by atoms with Crippen LogP contribution in [0, 0.1) is 0 Å². The van der Waals surface area contributed by atoms with Gasteiger partial charge in [-0.1, -0.05) is 0 Å². The Kier molecular flexibility index (Phi) is 10.4. The first-order chi connectivity index (χ1) is 21.3. The number of aromatic hydroxyl groups is 4. The van der Waals surface area contributed by atoms with Gasteiger partial charge in [0.05, 0.1) is 12.7 Å². The Balaban J connectivity index is 0.00000226. The largest absolute Gasteiger partial charge is 0.508 e. The Morgan fingerprint density at radius 1 is 0.733 bits per heavy atom. The zero-order valence-corrected chi connectivity index (χ0v) is 23.7. The molecule has 2 fully saturated rings. The molecule has 0 radical (unpaired) electrons. The summed E-state index contributed by atoms with van der Waals surface area (Å²) in [6.45, 7) is 0.818. The van der Waals surface area contributed by atoms with Crippen molar-refractivity contribution in [3.8, 4) is 40.1 Å². The fourth-order valence-electron chi connectivity index (χ4n) is 4.84. The molecule has 10 atom stereocenters. The molecule has 2 aromatic carbocycles. The topological polar surface area (TPSA) is 290 Å². The summed E-state index contributed by atoms with van der Waals surface area (Å²) in [5.74, 6) is -3.33. The van der Waals surface area contributed by atoms with Crippen LogP contribution < -0.4 is 10.2 Å². The molecular weight excluding hydrogens is 608 g/mol. The molecule has 11 N–H and O–H groups in total. The van der Waals surface area contributed by atoms with Gasteiger partial charge in [-0.25, -0.2) is 0 Å². The Morgan fingerprint density at radius 2 is 1.38 bits per heavy atom. The lowest BCUT2D eigenvalue weighted by Crippen LogP contribution is -2.61. The van der Waals surface area contributed by atoms with Crippen LogP contribution in [0.4, 0.5) is 0 Å². The van der Waals surface area contributed by atoms with Crippen LogP contribution in [0.1, 0.15) is 6.92 Å². The molecule has 0 aliphatic carbocycles. The van der Waals surface area contributed by atoms with Crippen LogP contribution in [-0.4, -0.2) is 131 Å². The molecule has 1 aromatic heterocycles. The van der Waals surface area contributed by atoms with Gasteiger partial charge in [-0.05, 0) is 25.1 Å². The molecule has 17 nitrogen and oxygen atoms in total. The minimum atomic E-state index is -1.97. The summed E-state index contributed by atoms with van der Waals surface area (Å²) < 4.78 is 27.8. The van der Waals surface area contributed by atoms with E-state index in [1.54, 1.807) is 0 Å². The molecule has 3 aromatic rings. The van der Waals surface area contributed by atoms with E-state index >= 15 is 0 Å². The maximum Gasteiger partial charge on any atom is 0.239 e. The van der Waals surface area contributed by atoms with Gasteiger partial charge in [0, 0.05) is 24.8 Å². The predicted octanol–water partition coefficient (Wildman–Crippen LogP) is -2.08. The molecule has 17 heteroatoms. The lowest BCUT2D eigenvalue weighted by Gasteiger charge is -2.42. The lowest BCUT2D eigenvalue weighted by atomic mass is 9.98. The number of aliphatic hydroxyl groups is 7. The van der Waals surface area contributed by atoms with E-state index in [4.69, 9.17) is 28.5 Å². The van der Waals surface area contributed by atoms with Gasteiger partial charge in [0.2, 0.25) is 17.5 Å². The van der Waals surface area contributed by atoms with Crippen LogP contribution in [0.2, 0.25) is 0 Å². The molecule has 0 amide bonds. The normalized spacial score (nSPS) is 31.7. The summed E-state index contributed by atoms with van der Waals surface area (Å²) in [5, 5.41) is 108. The van der Waals surface area contributed by atoms with Crippen molar-refractivity contribution in [2.45, 2.75) is 68.3 Å². The summed E-state index contributed by atoms with van der Waals surface area (Å²) in [7, 11) is 1.00. The van der Waals surface area contributed by atoms with Crippen LogP contribution in [0.15, 0.2) is 39.5 Å². The van der Waals surface area contributed by atoms with Gasteiger partial charge in [-0.2, -0.15) is 0 Å². The van der Waals surface area contributed by atoms with Crippen molar-refractivity contribution < 1.29 is 79.5 Å². The van der Waals surface area contributed by atoms with Crippen molar-refractivity contribution >= 4 is 11.0 Å². The summed E-state index contributed by atoms with van der Waals surface area (Å²) in [5.41, 5.74) is -1.35. The minimum absolute atomic E-state index is 0.0313. The molecule has 0 spiro atoms. The van der Waals surface area contributed by atoms with Gasteiger partial charge in [0.25, 0.3) is 0 Å². The van der Waals surface area contributed by atoms with Gasteiger partial charge in [-0.3, -0.25) is 4.79 Å². The second-order valence-electron chi connectivity index (χ2n) is 10.3. The maximum absolute atomic E-state index is 13.6. The molecule has 3 heterocycles. The highest BCUT2D eigenvalue weighted by atomic mass is 16.7. The number of ether oxygens (including phenoxy) is 4. The van der Waals surface area contributed by atoms with Gasteiger partial charge < -0.3 is 79.5 Å². The molecule has 2 aliphatic rings. The first-order valence-electron chi connectivity index (χ1n) is 13.5. The molecule has 0 saturated carbocycles. The van der Waals surface area contributed by atoms with E-state index in [0.717, 1.165) is 31.4 Å². The van der Waals surface area contributed by atoms with Crippen molar-refractivity contribution in [2.24, 2.45) is 0 Å². The number of aliphatic hydroxyl groups excluding tert-OH is 7. The highest BCUT2D eigenvalue weighted by Gasteiger charge is 2.47. The number of fused-ring (bicyclic) bond motifs is 1. The van der Waals surface area contributed by atoms with E-state index in [1.165, 1.54) is 13.0 Å². The minimum Gasteiger partial charge on any atom is -0.508 e. The van der Waals surface area contributed by atoms with Crippen molar-refractivity contribution in [1.82, 2.24) is 0 Å². The average Bonchev–Trinajstić information content (AvgIpc) is 3.01. The summed E-state index contributed by atoms with van der Waals surface area (Å²) in [4.78, 5) is 13.6. The van der Waals surface area contributed by atoms with E-state index in [2.05, 4.69) is 0 Å². The molecule has 0 bridgehead atoms. The van der Waals surface area contributed by atoms with Crippen molar-refractivity contribution in [2.75, 3.05) is 13.7 Å². The zero-order valence-electron chi connectivity index (χ0n) is 23.7. The number of phenolic OH excluding ortho intramolecular Hbond substituents is 4. The van der Waals surface area contributed by atoms with Gasteiger partial charge >= 0.3 is 0 Å². The van der Waals surface area contributed by atoms with Crippen LogP contribution in [-0.2, 0) is 14.2 Å². The van der Waals surface area contributed by atoms with Crippen LogP contribution in [0.25, 0.3) is 22.3 Å². The number of phenols is 4. The van der Waals surface area contributed by atoms with E-state index in [1.807, 2.05) is 0 Å². The second-order valence-corrected chi connectivity index (χ2v) is 10.3. The fourth-order valence-corrected chi connectivity index (χ4v) is 4.84. The van der Waals surface area contributed by atoms with Crippen molar-refractivity contribution in [1.29, 1.82) is 0 Å². The number of hydrogen-bond donors (Lipinski definition) is 11. The lowest BCUT2D eigenvalue weighted by molar-refractivity contribution is -0.318. The van der Waals surface area contributed by atoms with Crippen LogP contribution in [0.3, 0.4) is 0 Å². The Labute approximate surface area is 253 Å². The van der Waals surface area contributed by atoms with Crippen molar-refractivity contribution in [3.05, 3.63) is 40.6 Å². The second kappa shape index (κ2) is 13.7. The van der Waals surface area contributed by atoms with Crippen LogP contribution in [0.5, 0.6) is 28.7 Å². The third kappa shape index (κ3) is 6.63. The van der Waals surface area contributed by atoms with Gasteiger partial charge in [-0.15, -0.1) is 0 Å². The quantitative estimate of drug-likeness (QED) is 0.129. The maximum atomic E-state index is 13.6. The third-order valence-electron chi connectivity index (χ3n) is 7.29. The van der Waals surface area contributed by atoms with E-state index in [9.17, 15) is 55.9 Å². The highest BCUT2D eigenvalue weighted by molar-refractivity contribution is 5.88. The van der Waals surface area contributed by atoms with E-state index < -0.39 is 113 Å². The molecule has 0 unspecified atom stereocenters. The first kappa shape index (κ1) is 34.1.